The van der Waals surface area contributed by atoms with Gasteiger partial charge >= 0.3 is 12.1 Å². The molecule has 0 N–H and O–H groups in total. The van der Waals surface area contributed by atoms with Crippen LogP contribution in [0.2, 0.25) is 0 Å². The molecule has 0 saturated heterocycles. The number of hydrogen-bond acceptors (Lipinski definition) is 5. The first-order valence-electron chi connectivity index (χ1n) is 7.17. The lowest BCUT2D eigenvalue weighted by Crippen LogP contribution is -2.27. The molecule has 2 heterocycles. The fraction of sp³-hybridized carbons (Fsp3) is 0.125. The Morgan fingerprint density at radius 2 is 1.96 bits per heavy atom. The summed E-state index contributed by atoms with van der Waals surface area (Å²) in [6.45, 7) is 0. The van der Waals surface area contributed by atoms with Gasteiger partial charge in [-0.05, 0) is 30.3 Å². The lowest BCUT2D eigenvalue weighted by atomic mass is 10.1. The van der Waals surface area contributed by atoms with E-state index in [-0.39, 0.29) is 11.1 Å². The summed E-state index contributed by atoms with van der Waals surface area (Å²) < 4.78 is 55.8. The molecule has 0 unspecified atom stereocenters. The van der Waals surface area contributed by atoms with Crippen LogP contribution >= 0.6 is 0 Å². The smallest absolute Gasteiger partial charge is 0.329 e. The number of halogens is 4. The predicted octanol–water partition coefficient (Wildman–Crippen LogP) is 3.57. The molecule has 0 atom stereocenters. The highest BCUT2D eigenvalue weighted by Crippen LogP contribution is 2.30. The number of pyridine rings is 1. The van der Waals surface area contributed by atoms with Crippen molar-refractivity contribution in [3.63, 3.8) is 0 Å². The van der Waals surface area contributed by atoms with Crippen LogP contribution in [0.5, 0.6) is 0 Å². The van der Waals surface area contributed by atoms with Crippen molar-refractivity contribution in [3.05, 3.63) is 59.9 Å². The number of amides is 1. The summed E-state index contributed by atoms with van der Waals surface area (Å²) in [5.41, 5.74) is -0.333. The SMILES string of the molecule is CN(C(=O)c1ccc(-c2noc(C(F)(F)F)n2)c(F)c1)c1ccccn1. The quantitative estimate of drug-likeness (QED) is 0.663. The zero-order valence-electron chi connectivity index (χ0n) is 13.2. The molecule has 3 aromatic rings. The Morgan fingerprint density at radius 1 is 1.19 bits per heavy atom. The van der Waals surface area contributed by atoms with Gasteiger partial charge in [0.25, 0.3) is 5.91 Å². The summed E-state index contributed by atoms with van der Waals surface area (Å²) in [6, 6.07) is 8.21. The fourth-order valence-corrected chi connectivity index (χ4v) is 2.13. The van der Waals surface area contributed by atoms with Crippen LogP contribution < -0.4 is 4.90 Å². The first kappa shape index (κ1) is 17.5. The Kier molecular flexibility index (Phi) is 4.41. The van der Waals surface area contributed by atoms with E-state index in [1.165, 1.54) is 24.2 Å². The first-order chi connectivity index (χ1) is 12.3. The number of nitrogens with zero attached hydrogens (tertiary/aromatic N) is 4. The van der Waals surface area contributed by atoms with Crippen molar-refractivity contribution in [1.29, 1.82) is 0 Å². The van der Waals surface area contributed by atoms with Gasteiger partial charge < -0.3 is 4.52 Å². The van der Waals surface area contributed by atoms with Crippen molar-refractivity contribution in [2.75, 3.05) is 11.9 Å². The molecule has 26 heavy (non-hydrogen) atoms. The molecule has 1 aromatic carbocycles. The number of benzene rings is 1. The molecule has 6 nitrogen and oxygen atoms in total. The van der Waals surface area contributed by atoms with E-state index < -0.39 is 29.6 Å². The molecule has 0 spiro atoms. The van der Waals surface area contributed by atoms with Crippen LogP contribution in [0.3, 0.4) is 0 Å². The zero-order valence-corrected chi connectivity index (χ0v) is 13.2. The van der Waals surface area contributed by atoms with Gasteiger partial charge in [0, 0.05) is 18.8 Å². The molecular formula is C16H10F4N4O2. The molecule has 1 amide bonds. The highest BCUT2D eigenvalue weighted by molar-refractivity contribution is 6.05. The third-order valence-corrected chi connectivity index (χ3v) is 3.42. The summed E-state index contributed by atoms with van der Waals surface area (Å²) in [5, 5.41) is 3.12. The van der Waals surface area contributed by atoms with Gasteiger partial charge in [-0.15, -0.1) is 0 Å². The van der Waals surface area contributed by atoms with Crippen LogP contribution in [0.25, 0.3) is 11.4 Å². The molecule has 134 valence electrons. The Bertz CT molecular complexity index is 941. The van der Waals surface area contributed by atoms with E-state index in [1.54, 1.807) is 18.2 Å². The highest BCUT2D eigenvalue weighted by Gasteiger charge is 2.38. The number of carbonyl (C=O) groups is 1. The van der Waals surface area contributed by atoms with E-state index in [0.29, 0.717) is 5.82 Å². The Hall–Kier alpha value is -3.30. The summed E-state index contributed by atoms with van der Waals surface area (Å²) in [7, 11) is 1.46. The summed E-state index contributed by atoms with van der Waals surface area (Å²) >= 11 is 0. The molecule has 2 aromatic heterocycles. The van der Waals surface area contributed by atoms with E-state index in [0.717, 1.165) is 12.1 Å². The lowest BCUT2D eigenvalue weighted by molar-refractivity contribution is -0.159. The van der Waals surface area contributed by atoms with Gasteiger partial charge in [0.2, 0.25) is 5.82 Å². The van der Waals surface area contributed by atoms with E-state index in [1.807, 2.05) is 0 Å². The van der Waals surface area contributed by atoms with Crippen LogP contribution in [0, 0.1) is 5.82 Å². The maximum absolute atomic E-state index is 14.3. The molecule has 0 fully saturated rings. The second kappa shape index (κ2) is 6.54. The van der Waals surface area contributed by atoms with Crippen molar-refractivity contribution < 1.29 is 26.9 Å². The molecule has 3 rings (SSSR count). The maximum atomic E-state index is 14.3. The Labute approximate surface area is 144 Å². The number of carbonyl (C=O) groups excluding carboxylic acids is 1. The molecule has 0 bridgehead atoms. The van der Waals surface area contributed by atoms with Gasteiger partial charge in [-0.25, -0.2) is 9.37 Å². The molecule has 0 aliphatic rings. The molecule has 0 radical (unpaired) electrons. The lowest BCUT2D eigenvalue weighted by Gasteiger charge is -2.16. The second-order valence-electron chi connectivity index (χ2n) is 5.17. The van der Waals surface area contributed by atoms with Crippen molar-refractivity contribution in [1.82, 2.24) is 15.1 Å². The summed E-state index contributed by atoms with van der Waals surface area (Å²) in [6.07, 6.45) is -3.33. The second-order valence-corrected chi connectivity index (χ2v) is 5.17. The fourth-order valence-electron chi connectivity index (χ4n) is 2.13. The van der Waals surface area contributed by atoms with E-state index in [2.05, 4.69) is 19.6 Å². The predicted molar refractivity (Wildman–Crippen MR) is 81.7 cm³/mol. The van der Waals surface area contributed by atoms with Gasteiger partial charge in [-0.2, -0.15) is 18.2 Å². The Balaban J connectivity index is 1.88. The number of aromatic nitrogens is 3. The number of alkyl halides is 3. The van der Waals surface area contributed by atoms with Gasteiger partial charge in [0.1, 0.15) is 11.6 Å². The summed E-state index contributed by atoms with van der Waals surface area (Å²) in [5.74, 6) is -3.29. The van der Waals surface area contributed by atoms with Crippen molar-refractivity contribution in [2.24, 2.45) is 0 Å². The number of anilines is 1. The van der Waals surface area contributed by atoms with Crippen LogP contribution in [0.15, 0.2) is 47.1 Å². The molecular weight excluding hydrogens is 356 g/mol. The Morgan fingerprint density at radius 3 is 2.54 bits per heavy atom. The zero-order chi connectivity index (χ0) is 18.9. The third kappa shape index (κ3) is 3.39. The molecule has 0 aliphatic carbocycles. The number of hydrogen-bond donors (Lipinski definition) is 0. The molecule has 10 heteroatoms. The number of rotatable bonds is 3. The van der Waals surface area contributed by atoms with Gasteiger partial charge in [0.15, 0.2) is 0 Å². The monoisotopic (exact) mass is 366 g/mol. The topological polar surface area (TPSA) is 72.1 Å². The van der Waals surface area contributed by atoms with Crippen molar-refractivity contribution in [3.8, 4) is 11.4 Å². The van der Waals surface area contributed by atoms with Crippen LogP contribution in [-0.2, 0) is 6.18 Å². The minimum Gasteiger partial charge on any atom is -0.329 e. The first-order valence-corrected chi connectivity index (χ1v) is 7.17. The standard InChI is InChI=1S/C16H10F4N4O2/c1-24(12-4-2-3-7-21-12)14(25)9-5-6-10(11(17)8-9)13-22-15(26-23-13)16(18,19)20/h2-8H,1H3. The van der Waals surface area contributed by atoms with Gasteiger partial charge in [0.05, 0.1) is 5.56 Å². The maximum Gasteiger partial charge on any atom is 0.471 e. The van der Waals surface area contributed by atoms with Crippen molar-refractivity contribution in [2.45, 2.75) is 6.18 Å². The largest absolute Gasteiger partial charge is 0.471 e. The summed E-state index contributed by atoms with van der Waals surface area (Å²) in [4.78, 5) is 20.7. The normalized spacial score (nSPS) is 11.4. The van der Waals surface area contributed by atoms with Crippen LogP contribution in [0.4, 0.5) is 23.4 Å². The minimum atomic E-state index is -4.83. The molecule has 0 aliphatic heterocycles. The average Bonchev–Trinajstić information content (AvgIpc) is 3.11. The van der Waals surface area contributed by atoms with Gasteiger partial charge in [-0.1, -0.05) is 11.2 Å². The van der Waals surface area contributed by atoms with Crippen LogP contribution in [-0.4, -0.2) is 28.1 Å². The molecule has 0 saturated carbocycles. The minimum absolute atomic E-state index is 0.0149. The van der Waals surface area contributed by atoms with Crippen molar-refractivity contribution >= 4 is 11.7 Å². The van der Waals surface area contributed by atoms with Gasteiger partial charge in [-0.3, -0.25) is 9.69 Å². The third-order valence-electron chi connectivity index (χ3n) is 3.42. The highest BCUT2D eigenvalue weighted by atomic mass is 19.4. The van der Waals surface area contributed by atoms with Crippen LogP contribution in [0.1, 0.15) is 16.2 Å². The average molecular weight is 366 g/mol. The van der Waals surface area contributed by atoms with E-state index in [9.17, 15) is 22.4 Å². The van der Waals surface area contributed by atoms with E-state index in [4.69, 9.17) is 0 Å². The van der Waals surface area contributed by atoms with E-state index >= 15 is 0 Å².